The average Bonchev–Trinajstić information content (AvgIpc) is 3.09. The van der Waals surface area contributed by atoms with Gasteiger partial charge in [-0.05, 0) is 55.5 Å². The van der Waals surface area contributed by atoms with Gasteiger partial charge in [0.15, 0.2) is 0 Å². The number of nitrogens with one attached hydrogen (secondary N) is 1. The fourth-order valence-corrected chi connectivity index (χ4v) is 4.20. The summed E-state index contributed by atoms with van der Waals surface area (Å²) in [6.07, 6.45) is 2.31. The third kappa shape index (κ3) is 2.19. The molecule has 4 heteroatoms. The van der Waals surface area contributed by atoms with Crippen LogP contribution in [0, 0.1) is 11.8 Å². The molecule has 0 aromatic heterocycles. The van der Waals surface area contributed by atoms with Crippen molar-refractivity contribution in [3.8, 4) is 0 Å². The number of benzene rings is 1. The van der Waals surface area contributed by atoms with Gasteiger partial charge in [-0.3, -0.25) is 0 Å². The Bertz CT molecular complexity index is 465. The number of hydrogen-bond acceptors (Lipinski definition) is 2. The summed E-state index contributed by atoms with van der Waals surface area (Å²) < 4.78 is 5.32. The van der Waals surface area contributed by atoms with Crippen LogP contribution in [0.2, 0.25) is 10.0 Å². The summed E-state index contributed by atoms with van der Waals surface area (Å²) in [4.78, 5) is 0. The van der Waals surface area contributed by atoms with Crippen LogP contribution >= 0.6 is 23.2 Å². The van der Waals surface area contributed by atoms with Crippen molar-refractivity contribution in [3.63, 3.8) is 0 Å². The van der Waals surface area contributed by atoms with Crippen LogP contribution in [-0.4, -0.2) is 26.8 Å². The molecular formula is C15H19Cl2NO. The number of methoxy groups -OCH3 is 1. The molecule has 19 heavy (non-hydrogen) atoms. The van der Waals surface area contributed by atoms with Crippen molar-refractivity contribution < 1.29 is 4.74 Å². The number of hydrogen-bond donors (Lipinski definition) is 1. The second kappa shape index (κ2) is 5.25. The Morgan fingerprint density at radius 2 is 2.16 bits per heavy atom. The first-order valence-electron chi connectivity index (χ1n) is 6.85. The van der Waals surface area contributed by atoms with Crippen LogP contribution in [0.15, 0.2) is 18.2 Å². The van der Waals surface area contributed by atoms with Gasteiger partial charge in [-0.15, -0.1) is 0 Å². The summed E-state index contributed by atoms with van der Waals surface area (Å²) in [5.41, 5.74) is 1.57. The SMILES string of the molecule is COCC[C@@]1(c2ccc(Cl)c(Cl)c2)[C@@H]2CNCC[C@@H]21. The van der Waals surface area contributed by atoms with E-state index >= 15 is 0 Å². The molecule has 1 aromatic carbocycles. The highest BCUT2D eigenvalue weighted by Gasteiger charge is 2.64. The molecule has 1 heterocycles. The zero-order valence-electron chi connectivity index (χ0n) is 11.1. The maximum Gasteiger partial charge on any atom is 0.0595 e. The second-order valence-electron chi connectivity index (χ2n) is 5.62. The van der Waals surface area contributed by atoms with Crippen molar-refractivity contribution in [2.24, 2.45) is 11.8 Å². The highest BCUT2D eigenvalue weighted by Crippen LogP contribution is 2.64. The van der Waals surface area contributed by atoms with Crippen LogP contribution < -0.4 is 5.32 Å². The molecular weight excluding hydrogens is 281 g/mol. The minimum Gasteiger partial charge on any atom is -0.385 e. The van der Waals surface area contributed by atoms with E-state index < -0.39 is 0 Å². The first-order chi connectivity index (χ1) is 9.20. The Balaban J connectivity index is 1.93. The van der Waals surface area contributed by atoms with Gasteiger partial charge in [0.1, 0.15) is 0 Å². The maximum atomic E-state index is 6.20. The van der Waals surface area contributed by atoms with Gasteiger partial charge in [-0.25, -0.2) is 0 Å². The van der Waals surface area contributed by atoms with E-state index in [9.17, 15) is 0 Å². The molecule has 104 valence electrons. The van der Waals surface area contributed by atoms with Crippen molar-refractivity contribution in [3.05, 3.63) is 33.8 Å². The lowest BCUT2D eigenvalue weighted by Gasteiger charge is -2.19. The van der Waals surface area contributed by atoms with Gasteiger partial charge in [0.25, 0.3) is 0 Å². The molecule has 1 aromatic rings. The van der Waals surface area contributed by atoms with E-state index in [-0.39, 0.29) is 5.41 Å². The van der Waals surface area contributed by atoms with Crippen LogP contribution in [0.5, 0.6) is 0 Å². The molecule has 3 rings (SSSR count). The molecule has 0 bridgehead atoms. The largest absolute Gasteiger partial charge is 0.385 e. The molecule has 1 saturated heterocycles. The Kier molecular flexibility index (Phi) is 3.78. The normalized spacial score (nSPS) is 33.0. The lowest BCUT2D eigenvalue weighted by atomic mass is 9.88. The monoisotopic (exact) mass is 299 g/mol. The van der Waals surface area contributed by atoms with Crippen molar-refractivity contribution in [2.45, 2.75) is 18.3 Å². The zero-order chi connectivity index (χ0) is 13.5. The quantitative estimate of drug-likeness (QED) is 0.919. The van der Waals surface area contributed by atoms with Gasteiger partial charge in [0.2, 0.25) is 0 Å². The van der Waals surface area contributed by atoms with Gasteiger partial charge in [-0.1, -0.05) is 29.3 Å². The lowest BCUT2D eigenvalue weighted by Crippen LogP contribution is -2.24. The Morgan fingerprint density at radius 1 is 1.32 bits per heavy atom. The van der Waals surface area contributed by atoms with E-state index in [0.29, 0.717) is 16.0 Å². The Morgan fingerprint density at radius 3 is 2.79 bits per heavy atom. The van der Waals surface area contributed by atoms with E-state index in [4.69, 9.17) is 27.9 Å². The molecule has 2 fully saturated rings. The van der Waals surface area contributed by atoms with Crippen LogP contribution in [-0.2, 0) is 10.2 Å². The average molecular weight is 300 g/mol. The molecule has 2 nitrogen and oxygen atoms in total. The van der Waals surface area contributed by atoms with Gasteiger partial charge in [0, 0.05) is 19.1 Å². The number of ether oxygens (including phenoxy) is 1. The lowest BCUT2D eigenvalue weighted by molar-refractivity contribution is 0.181. The van der Waals surface area contributed by atoms with E-state index in [1.807, 2.05) is 6.07 Å². The molecule has 0 unspecified atom stereocenters. The van der Waals surface area contributed by atoms with E-state index in [2.05, 4.69) is 17.4 Å². The summed E-state index contributed by atoms with van der Waals surface area (Å²) in [5, 5.41) is 4.80. The predicted octanol–water partition coefficient (Wildman–Crippen LogP) is 3.51. The van der Waals surface area contributed by atoms with Gasteiger partial charge in [0.05, 0.1) is 10.0 Å². The van der Waals surface area contributed by atoms with Crippen LogP contribution in [0.4, 0.5) is 0 Å². The fourth-order valence-electron chi connectivity index (χ4n) is 3.90. The summed E-state index contributed by atoms with van der Waals surface area (Å²) >= 11 is 12.2. The summed E-state index contributed by atoms with van der Waals surface area (Å²) in [6.45, 7) is 3.03. The summed E-state index contributed by atoms with van der Waals surface area (Å²) in [7, 11) is 1.77. The highest BCUT2D eigenvalue weighted by molar-refractivity contribution is 6.42. The van der Waals surface area contributed by atoms with Crippen LogP contribution in [0.3, 0.4) is 0 Å². The zero-order valence-corrected chi connectivity index (χ0v) is 12.6. The first-order valence-corrected chi connectivity index (χ1v) is 7.61. The summed E-state index contributed by atoms with van der Waals surface area (Å²) in [5.74, 6) is 1.48. The molecule has 3 atom stereocenters. The Hall–Kier alpha value is -0.280. The maximum absolute atomic E-state index is 6.20. The predicted molar refractivity (Wildman–Crippen MR) is 79.1 cm³/mol. The smallest absolute Gasteiger partial charge is 0.0595 e. The summed E-state index contributed by atoms with van der Waals surface area (Å²) in [6, 6.07) is 6.12. The first kappa shape index (κ1) is 13.7. The topological polar surface area (TPSA) is 21.3 Å². The number of fused-ring (bicyclic) bond motifs is 1. The molecule has 2 aliphatic rings. The molecule has 0 amide bonds. The van der Waals surface area contributed by atoms with Gasteiger partial charge in [-0.2, -0.15) is 0 Å². The minimum atomic E-state index is 0.244. The van der Waals surface area contributed by atoms with Crippen molar-refractivity contribution >= 4 is 23.2 Å². The minimum absolute atomic E-state index is 0.244. The molecule has 1 saturated carbocycles. The molecule has 1 aliphatic heterocycles. The van der Waals surface area contributed by atoms with Gasteiger partial charge >= 0.3 is 0 Å². The fraction of sp³-hybridized carbons (Fsp3) is 0.600. The third-order valence-corrected chi connectivity index (χ3v) is 5.61. The van der Waals surface area contributed by atoms with Crippen molar-refractivity contribution in [2.75, 3.05) is 26.8 Å². The third-order valence-electron chi connectivity index (χ3n) is 4.87. The number of rotatable bonds is 4. The molecule has 1 aliphatic carbocycles. The molecule has 0 spiro atoms. The van der Waals surface area contributed by atoms with Crippen molar-refractivity contribution in [1.82, 2.24) is 5.32 Å². The van der Waals surface area contributed by atoms with E-state index in [1.165, 1.54) is 12.0 Å². The van der Waals surface area contributed by atoms with E-state index in [1.54, 1.807) is 7.11 Å². The second-order valence-corrected chi connectivity index (χ2v) is 6.43. The highest BCUT2D eigenvalue weighted by atomic mass is 35.5. The van der Waals surface area contributed by atoms with Gasteiger partial charge < -0.3 is 10.1 Å². The number of halogens is 2. The van der Waals surface area contributed by atoms with Crippen LogP contribution in [0.25, 0.3) is 0 Å². The Labute approximate surface area is 124 Å². The number of piperidine rings is 1. The van der Waals surface area contributed by atoms with E-state index in [0.717, 1.165) is 32.0 Å². The molecule has 1 N–H and O–H groups in total. The van der Waals surface area contributed by atoms with Crippen LogP contribution in [0.1, 0.15) is 18.4 Å². The standard InChI is InChI=1S/C15H19Cl2NO/c1-19-7-5-15(11-4-6-18-9-12(11)15)10-2-3-13(16)14(17)8-10/h2-3,8,11-12,18H,4-7,9H2,1H3/t11-,12+,15-/m0/s1. The van der Waals surface area contributed by atoms with Crippen molar-refractivity contribution in [1.29, 1.82) is 0 Å². The molecule has 0 radical (unpaired) electrons.